The highest BCUT2D eigenvalue weighted by molar-refractivity contribution is 6.33. The van der Waals surface area contributed by atoms with Gasteiger partial charge < -0.3 is 16.2 Å². The lowest BCUT2D eigenvalue weighted by Gasteiger charge is -2.25. The van der Waals surface area contributed by atoms with Crippen molar-refractivity contribution in [3.63, 3.8) is 0 Å². The van der Waals surface area contributed by atoms with Gasteiger partial charge in [-0.1, -0.05) is 24.9 Å². The minimum absolute atomic E-state index is 0.264. The molecule has 104 valence electrons. The molecule has 0 bridgehead atoms. The third-order valence-corrected chi connectivity index (χ3v) is 3.20. The molecule has 0 aliphatic heterocycles. The zero-order valence-corrected chi connectivity index (χ0v) is 11.6. The van der Waals surface area contributed by atoms with Gasteiger partial charge in [0.2, 0.25) is 0 Å². The fraction of sp³-hybridized carbons (Fsp3) is 0.385. The minimum Gasteiger partial charge on any atom is -0.480 e. The first-order chi connectivity index (χ1) is 8.80. The van der Waals surface area contributed by atoms with Crippen molar-refractivity contribution in [1.82, 2.24) is 5.32 Å². The number of carboxylic acid groups (broad SMARTS) is 1. The van der Waals surface area contributed by atoms with Gasteiger partial charge in [0.25, 0.3) is 5.91 Å². The van der Waals surface area contributed by atoms with Gasteiger partial charge in [0.05, 0.1) is 10.7 Å². The van der Waals surface area contributed by atoms with Gasteiger partial charge in [-0.2, -0.15) is 0 Å². The van der Waals surface area contributed by atoms with Gasteiger partial charge in [-0.05, 0) is 31.5 Å². The third-order valence-electron chi connectivity index (χ3n) is 2.87. The van der Waals surface area contributed by atoms with Gasteiger partial charge in [-0.25, -0.2) is 4.79 Å². The van der Waals surface area contributed by atoms with Crippen LogP contribution in [0.3, 0.4) is 0 Å². The second-order valence-electron chi connectivity index (χ2n) is 4.58. The molecule has 0 heterocycles. The van der Waals surface area contributed by atoms with Crippen LogP contribution >= 0.6 is 11.6 Å². The topological polar surface area (TPSA) is 92.4 Å². The number of benzene rings is 1. The summed E-state index contributed by atoms with van der Waals surface area (Å²) in [4.78, 5) is 23.3. The largest absolute Gasteiger partial charge is 0.480 e. The number of amides is 1. The monoisotopic (exact) mass is 284 g/mol. The lowest BCUT2D eigenvalue weighted by atomic mass is 9.95. The van der Waals surface area contributed by atoms with Crippen molar-refractivity contribution in [2.75, 3.05) is 5.73 Å². The number of nitrogen functional groups attached to an aromatic ring is 1. The number of carbonyl (C=O) groups excluding carboxylic acids is 1. The summed E-state index contributed by atoms with van der Waals surface area (Å²) >= 11 is 5.83. The number of rotatable bonds is 5. The van der Waals surface area contributed by atoms with E-state index in [-0.39, 0.29) is 10.6 Å². The van der Waals surface area contributed by atoms with Crippen molar-refractivity contribution < 1.29 is 14.7 Å². The Morgan fingerprint density at radius 3 is 2.58 bits per heavy atom. The number of halogens is 1. The van der Waals surface area contributed by atoms with Crippen LogP contribution in [-0.4, -0.2) is 22.5 Å². The summed E-state index contributed by atoms with van der Waals surface area (Å²) in [6.07, 6.45) is 0.988. The smallest absolute Gasteiger partial charge is 0.329 e. The SMILES string of the molecule is CCCC(C)(NC(=O)c1ccc(N)c(Cl)c1)C(=O)O. The van der Waals surface area contributed by atoms with Crippen LogP contribution in [0.4, 0.5) is 5.69 Å². The number of aliphatic carboxylic acids is 1. The van der Waals surface area contributed by atoms with Gasteiger partial charge in [-0.3, -0.25) is 4.79 Å². The van der Waals surface area contributed by atoms with Gasteiger partial charge in [0.1, 0.15) is 5.54 Å². The fourth-order valence-corrected chi connectivity index (χ4v) is 1.89. The normalized spacial score (nSPS) is 13.6. The van der Waals surface area contributed by atoms with Crippen molar-refractivity contribution in [2.24, 2.45) is 0 Å². The molecule has 5 nitrogen and oxygen atoms in total. The molecule has 1 amide bonds. The molecular formula is C13H17ClN2O3. The molecule has 1 aromatic carbocycles. The average Bonchev–Trinajstić information content (AvgIpc) is 2.32. The first kappa shape index (κ1) is 15.3. The molecule has 0 aromatic heterocycles. The summed E-state index contributed by atoms with van der Waals surface area (Å²) in [7, 11) is 0. The van der Waals surface area contributed by atoms with Crippen LogP contribution in [0.5, 0.6) is 0 Å². The highest BCUT2D eigenvalue weighted by Gasteiger charge is 2.34. The predicted molar refractivity (Wildman–Crippen MR) is 74.3 cm³/mol. The van der Waals surface area contributed by atoms with Crippen LogP contribution in [0.15, 0.2) is 18.2 Å². The molecular weight excluding hydrogens is 268 g/mol. The van der Waals surface area contributed by atoms with Crippen molar-refractivity contribution in [2.45, 2.75) is 32.2 Å². The van der Waals surface area contributed by atoms with E-state index in [9.17, 15) is 14.7 Å². The van der Waals surface area contributed by atoms with E-state index < -0.39 is 17.4 Å². The maximum atomic E-state index is 12.0. The standard InChI is InChI=1S/C13H17ClN2O3/c1-3-6-13(2,12(18)19)16-11(17)8-4-5-10(15)9(14)7-8/h4-5,7H,3,6,15H2,1-2H3,(H,16,17)(H,18,19). The Bertz CT molecular complexity index is 505. The zero-order valence-electron chi connectivity index (χ0n) is 10.9. The first-order valence-corrected chi connectivity index (χ1v) is 6.29. The Morgan fingerprint density at radius 2 is 2.11 bits per heavy atom. The number of nitrogens with one attached hydrogen (secondary N) is 1. The van der Waals surface area contributed by atoms with E-state index in [1.807, 2.05) is 6.92 Å². The van der Waals surface area contributed by atoms with Gasteiger partial charge in [0.15, 0.2) is 0 Å². The van der Waals surface area contributed by atoms with E-state index >= 15 is 0 Å². The van der Waals surface area contributed by atoms with Crippen LogP contribution < -0.4 is 11.1 Å². The lowest BCUT2D eigenvalue weighted by Crippen LogP contribution is -2.52. The maximum Gasteiger partial charge on any atom is 0.329 e. The van der Waals surface area contributed by atoms with Crippen LogP contribution in [-0.2, 0) is 4.79 Å². The highest BCUT2D eigenvalue weighted by Crippen LogP contribution is 2.20. The van der Waals surface area contributed by atoms with E-state index in [1.54, 1.807) is 0 Å². The second kappa shape index (κ2) is 5.93. The summed E-state index contributed by atoms with van der Waals surface area (Å²) in [6.45, 7) is 3.34. The molecule has 1 atom stereocenters. The second-order valence-corrected chi connectivity index (χ2v) is 4.98. The number of anilines is 1. The third kappa shape index (κ3) is 3.61. The predicted octanol–water partition coefficient (Wildman–Crippen LogP) is 2.30. The molecule has 0 aliphatic rings. The summed E-state index contributed by atoms with van der Waals surface area (Å²) in [5, 5.41) is 12.0. The molecule has 6 heteroatoms. The Labute approximate surface area is 116 Å². The quantitative estimate of drug-likeness (QED) is 0.723. The van der Waals surface area contributed by atoms with E-state index in [2.05, 4.69) is 5.32 Å². The van der Waals surface area contributed by atoms with Crippen LogP contribution in [0.25, 0.3) is 0 Å². The summed E-state index contributed by atoms with van der Waals surface area (Å²) in [5.41, 5.74) is 4.91. The first-order valence-electron chi connectivity index (χ1n) is 5.91. The average molecular weight is 285 g/mol. The molecule has 19 heavy (non-hydrogen) atoms. The lowest BCUT2D eigenvalue weighted by molar-refractivity contribution is -0.144. The number of carboxylic acids is 1. The van der Waals surface area contributed by atoms with Gasteiger partial charge in [0, 0.05) is 5.56 Å². The van der Waals surface area contributed by atoms with Crippen LogP contribution in [0.1, 0.15) is 37.0 Å². The molecule has 1 rings (SSSR count). The minimum atomic E-state index is -1.29. The summed E-state index contributed by atoms with van der Waals surface area (Å²) < 4.78 is 0. The molecule has 4 N–H and O–H groups in total. The fourth-order valence-electron chi connectivity index (χ4n) is 1.71. The van der Waals surface area contributed by atoms with Crippen molar-refractivity contribution in [3.05, 3.63) is 28.8 Å². The van der Waals surface area contributed by atoms with E-state index in [4.69, 9.17) is 17.3 Å². The molecule has 0 saturated heterocycles. The van der Waals surface area contributed by atoms with Gasteiger partial charge >= 0.3 is 5.97 Å². The van der Waals surface area contributed by atoms with E-state index in [0.717, 1.165) is 0 Å². The molecule has 0 fully saturated rings. The Kier molecular flexibility index (Phi) is 4.78. The molecule has 0 radical (unpaired) electrons. The maximum absolute atomic E-state index is 12.0. The van der Waals surface area contributed by atoms with E-state index in [1.165, 1.54) is 25.1 Å². The Balaban J connectivity index is 2.94. The number of hydrogen-bond acceptors (Lipinski definition) is 3. The van der Waals surface area contributed by atoms with Crippen molar-refractivity contribution in [1.29, 1.82) is 0 Å². The summed E-state index contributed by atoms with van der Waals surface area (Å²) in [6, 6.07) is 4.43. The van der Waals surface area contributed by atoms with Crippen molar-refractivity contribution >= 4 is 29.2 Å². The zero-order chi connectivity index (χ0) is 14.6. The number of hydrogen-bond donors (Lipinski definition) is 3. The number of nitrogens with two attached hydrogens (primary N) is 1. The highest BCUT2D eigenvalue weighted by atomic mass is 35.5. The molecule has 1 unspecified atom stereocenters. The Hall–Kier alpha value is -1.75. The van der Waals surface area contributed by atoms with Crippen LogP contribution in [0.2, 0.25) is 5.02 Å². The molecule has 0 aliphatic carbocycles. The molecule has 1 aromatic rings. The summed E-state index contributed by atoms with van der Waals surface area (Å²) in [5.74, 6) is -1.55. The van der Waals surface area contributed by atoms with Crippen LogP contribution in [0, 0.1) is 0 Å². The Morgan fingerprint density at radius 1 is 1.47 bits per heavy atom. The molecule has 0 spiro atoms. The van der Waals surface area contributed by atoms with Crippen molar-refractivity contribution in [3.8, 4) is 0 Å². The molecule has 0 saturated carbocycles. The van der Waals surface area contributed by atoms with E-state index in [0.29, 0.717) is 18.5 Å². The number of carbonyl (C=O) groups is 2. The van der Waals surface area contributed by atoms with Gasteiger partial charge in [-0.15, -0.1) is 0 Å².